The molecule has 0 amide bonds. The molecule has 1 aromatic rings. The molecule has 0 radical (unpaired) electrons. The van der Waals surface area contributed by atoms with Crippen molar-refractivity contribution in [3.05, 3.63) is 23.9 Å². The van der Waals surface area contributed by atoms with Gasteiger partial charge in [0.25, 0.3) is 0 Å². The number of hydrogen-bond acceptors (Lipinski definition) is 4. The van der Waals surface area contributed by atoms with Crippen molar-refractivity contribution in [2.24, 2.45) is 0 Å². The van der Waals surface area contributed by atoms with E-state index in [1.54, 1.807) is 19.2 Å². The molecule has 1 fully saturated rings. The molecule has 5 heteroatoms. The first kappa shape index (κ1) is 12.8. The number of rotatable bonds is 6. The van der Waals surface area contributed by atoms with Crippen LogP contribution >= 0.6 is 0 Å². The lowest BCUT2D eigenvalue weighted by atomic mass is 9.77. The lowest BCUT2D eigenvalue weighted by Crippen LogP contribution is -2.40. The monoisotopic (exact) mass is 250 g/mol. The maximum absolute atomic E-state index is 10.8. The average molecular weight is 250 g/mol. The van der Waals surface area contributed by atoms with E-state index in [9.17, 15) is 4.79 Å². The second kappa shape index (κ2) is 5.35. The van der Waals surface area contributed by atoms with E-state index >= 15 is 0 Å². The highest BCUT2D eigenvalue weighted by molar-refractivity contribution is 5.85. The van der Waals surface area contributed by atoms with E-state index in [0.29, 0.717) is 5.82 Å². The third-order valence-electron chi connectivity index (χ3n) is 3.55. The van der Waals surface area contributed by atoms with E-state index in [-0.39, 0.29) is 11.3 Å². The Kier molecular flexibility index (Phi) is 3.81. The van der Waals surface area contributed by atoms with E-state index in [2.05, 4.69) is 10.3 Å². The summed E-state index contributed by atoms with van der Waals surface area (Å²) in [5.74, 6) is -0.411. The largest absolute Gasteiger partial charge is 0.477 e. The maximum Gasteiger partial charge on any atom is 0.354 e. The van der Waals surface area contributed by atoms with Gasteiger partial charge >= 0.3 is 5.97 Å². The Bertz CT molecular complexity index is 424. The van der Waals surface area contributed by atoms with Crippen LogP contribution in [0.5, 0.6) is 0 Å². The Morgan fingerprint density at radius 2 is 2.33 bits per heavy atom. The summed E-state index contributed by atoms with van der Waals surface area (Å²) in [6.45, 7) is 0.740. The molecule has 98 valence electrons. The third kappa shape index (κ3) is 2.79. The van der Waals surface area contributed by atoms with Crippen LogP contribution in [0, 0.1) is 0 Å². The highest BCUT2D eigenvalue weighted by atomic mass is 16.5. The van der Waals surface area contributed by atoms with Gasteiger partial charge in [0.1, 0.15) is 5.82 Å². The molecule has 5 nitrogen and oxygen atoms in total. The Morgan fingerprint density at radius 3 is 2.89 bits per heavy atom. The molecule has 0 spiro atoms. The molecule has 0 aliphatic heterocycles. The van der Waals surface area contributed by atoms with E-state index in [0.717, 1.165) is 25.8 Å². The van der Waals surface area contributed by atoms with Gasteiger partial charge in [0.05, 0.1) is 5.60 Å². The van der Waals surface area contributed by atoms with Crippen LogP contribution in [0.25, 0.3) is 0 Å². The number of carboxylic acids is 1. The van der Waals surface area contributed by atoms with Crippen LogP contribution in [-0.2, 0) is 4.74 Å². The van der Waals surface area contributed by atoms with Crippen molar-refractivity contribution in [3.8, 4) is 0 Å². The second-order valence-electron chi connectivity index (χ2n) is 4.63. The van der Waals surface area contributed by atoms with Gasteiger partial charge in [-0.1, -0.05) is 6.07 Å². The van der Waals surface area contributed by atoms with E-state index in [1.165, 1.54) is 12.5 Å². The molecular weight excluding hydrogens is 232 g/mol. The van der Waals surface area contributed by atoms with Crippen molar-refractivity contribution in [2.75, 3.05) is 19.0 Å². The standard InChI is InChI=1S/C13H18N2O3/c1-18-13(6-3-7-13)8-9-14-11-5-2-4-10(15-11)12(16)17/h2,4-5H,3,6-9H2,1H3,(H,14,15)(H,16,17). The first-order chi connectivity index (χ1) is 8.65. The molecule has 1 aliphatic carbocycles. The number of carbonyl (C=O) groups is 1. The Morgan fingerprint density at radius 1 is 1.56 bits per heavy atom. The summed E-state index contributed by atoms with van der Waals surface area (Å²) in [6, 6.07) is 4.94. The number of aromatic carboxylic acids is 1. The zero-order valence-electron chi connectivity index (χ0n) is 10.5. The molecule has 1 saturated carbocycles. The summed E-state index contributed by atoms with van der Waals surface area (Å²) in [5, 5.41) is 12.0. The van der Waals surface area contributed by atoms with Crippen molar-refractivity contribution in [1.82, 2.24) is 4.98 Å². The van der Waals surface area contributed by atoms with Gasteiger partial charge in [-0.15, -0.1) is 0 Å². The van der Waals surface area contributed by atoms with Gasteiger partial charge in [-0.25, -0.2) is 9.78 Å². The predicted molar refractivity (Wildman–Crippen MR) is 67.9 cm³/mol. The molecule has 0 unspecified atom stereocenters. The fraction of sp³-hybridized carbons (Fsp3) is 0.538. The zero-order valence-corrected chi connectivity index (χ0v) is 10.5. The third-order valence-corrected chi connectivity index (χ3v) is 3.55. The van der Waals surface area contributed by atoms with Gasteiger partial charge in [-0.05, 0) is 37.8 Å². The highest BCUT2D eigenvalue weighted by Gasteiger charge is 2.36. The van der Waals surface area contributed by atoms with Crippen molar-refractivity contribution < 1.29 is 14.6 Å². The lowest BCUT2D eigenvalue weighted by molar-refractivity contribution is -0.0748. The Labute approximate surface area is 106 Å². The number of nitrogens with one attached hydrogen (secondary N) is 1. The summed E-state index contributed by atoms with van der Waals surface area (Å²) < 4.78 is 5.52. The molecule has 0 atom stereocenters. The van der Waals surface area contributed by atoms with Gasteiger partial charge in [0, 0.05) is 13.7 Å². The number of methoxy groups -OCH3 is 1. The maximum atomic E-state index is 10.8. The van der Waals surface area contributed by atoms with E-state index < -0.39 is 5.97 Å². The van der Waals surface area contributed by atoms with Crippen LogP contribution in [0.2, 0.25) is 0 Å². The topological polar surface area (TPSA) is 71.5 Å². The summed E-state index contributed by atoms with van der Waals surface area (Å²) in [4.78, 5) is 14.8. The zero-order chi connectivity index (χ0) is 13.0. The minimum atomic E-state index is -1.01. The number of anilines is 1. The quantitative estimate of drug-likeness (QED) is 0.809. The number of nitrogens with zero attached hydrogens (tertiary/aromatic N) is 1. The smallest absolute Gasteiger partial charge is 0.354 e. The fourth-order valence-electron chi connectivity index (χ4n) is 2.20. The van der Waals surface area contributed by atoms with Gasteiger partial charge in [-0.3, -0.25) is 0 Å². The number of aromatic nitrogens is 1. The summed E-state index contributed by atoms with van der Waals surface area (Å²) in [7, 11) is 1.75. The molecule has 1 heterocycles. The highest BCUT2D eigenvalue weighted by Crippen LogP contribution is 2.37. The summed E-state index contributed by atoms with van der Waals surface area (Å²) in [6.07, 6.45) is 4.35. The molecule has 0 saturated heterocycles. The molecular formula is C13H18N2O3. The van der Waals surface area contributed by atoms with Crippen molar-refractivity contribution in [3.63, 3.8) is 0 Å². The van der Waals surface area contributed by atoms with Crippen LogP contribution in [0.1, 0.15) is 36.2 Å². The Balaban J connectivity index is 1.86. The van der Waals surface area contributed by atoms with Crippen LogP contribution in [-0.4, -0.2) is 35.3 Å². The number of pyridine rings is 1. The predicted octanol–water partition coefficient (Wildman–Crippen LogP) is 2.15. The average Bonchev–Trinajstić information content (AvgIpc) is 2.33. The first-order valence-electron chi connectivity index (χ1n) is 6.15. The van der Waals surface area contributed by atoms with Gasteiger partial charge in [0.2, 0.25) is 0 Å². The van der Waals surface area contributed by atoms with Gasteiger partial charge < -0.3 is 15.2 Å². The molecule has 1 aromatic heterocycles. The molecule has 0 aromatic carbocycles. The molecule has 2 N–H and O–H groups in total. The molecule has 18 heavy (non-hydrogen) atoms. The van der Waals surface area contributed by atoms with E-state index in [1.807, 2.05) is 0 Å². The molecule has 2 rings (SSSR count). The SMILES string of the molecule is COC1(CCNc2cccc(C(=O)O)n2)CCC1. The van der Waals surface area contributed by atoms with Crippen LogP contribution in [0.15, 0.2) is 18.2 Å². The second-order valence-corrected chi connectivity index (χ2v) is 4.63. The molecule has 0 bridgehead atoms. The minimum absolute atomic E-state index is 0.0252. The molecule has 1 aliphatic rings. The number of carboxylic acid groups (broad SMARTS) is 1. The minimum Gasteiger partial charge on any atom is -0.477 e. The van der Waals surface area contributed by atoms with Gasteiger partial charge in [0.15, 0.2) is 5.69 Å². The van der Waals surface area contributed by atoms with Crippen molar-refractivity contribution >= 4 is 11.8 Å². The summed E-state index contributed by atoms with van der Waals surface area (Å²) in [5.41, 5.74) is 0.0855. The van der Waals surface area contributed by atoms with Crippen LogP contribution in [0.3, 0.4) is 0 Å². The van der Waals surface area contributed by atoms with Crippen LogP contribution < -0.4 is 5.32 Å². The van der Waals surface area contributed by atoms with Crippen molar-refractivity contribution in [2.45, 2.75) is 31.3 Å². The lowest BCUT2D eigenvalue weighted by Gasteiger charge is -2.40. The van der Waals surface area contributed by atoms with E-state index in [4.69, 9.17) is 9.84 Å². The normalized spacial score (nSPS) is 16.9. The number of hydrogen-bond donors (Lipinski definition) is 2. The van der Waals surface area contributed by atoms with Crippen molar-refractivity contribution in [1.29, 1.82) is 0 Å². The number of ether oxygens (including phenoxy) is 1. The van der Waals surface area contributed by atoms with Crippen LogP contribution in [0.4, 0.5) is 5.82 Å². The first-order valence-corrected chi connectivity index (χ1v) is 6.15. The van der Waals surface area contributed by atoms with Gasteiger partial charge in [-0.2, -0.15) is 0 Å². The Hall–Kier alpha value is -1.62. The summed E-state index contributed by atoms with van der Waals surface area (Å²) >= 11 is 0. The fourth-order valence-corrected chi connectivity index (χ4v) is 2.20.